The maximum atomic E-state index is 11.8. The second-order valence-electron chi connectivity index (χ2n) is 3.87. The molecule has 18 heavy (non-hydrogen) atoms. The zero-order valence-corrected chi connectivity index (χ0v) is 10.1. The zero-order valence-electron chi connectivity index (χ0n) is 10.1. The maximum absolute atomic E-state index is 11.8. The van der Waals surface area contributed by atoms with E-state index >= 15 is 0 Å². The highest BCUT2D eigenvalue weighted by Gasteiger charge is 2.01. The van der Waals surface area contributed by atoms with Crippen molar-refractivity contribution in [3.8, 4) is 5.75 Å². The van der Waals surface area contributed by atoms with Crippen LogP contribution in [0.2, 0.25) is 0 Å². The fourth-order valence-corrected chi connectivity index (χ4v) is 1.53. The number of aryl methyl sites for hydroxylation is 1. The van der Waals surface area contributed by atoms with Gasteiger partial charge in [0.15, 0.2) is 5.78 Å². The second-order valence-corrected chi connectivity index (χ2v) is 3.87. The molecule has 1 N–H and O–H groups in total. The lowest BCUT2D eigenvalue weighted by Crippen LogP contribution is -1.93. The minimum Gasteiger partial charge on any atom is -0.508 e. The van der Waals surface area contributed by atoms with Crippen molar-refractivity contribution in [1.29, 1.82) is 0 Å². The van der Waals surface area contributed by atoms with Crippen LogP contribution >= 0.6 is 0 Å². The van der Waals surface area contributed by atoms with Crippen LogP contribution in [0.15, 0.2) is 42.7 Å². The number of nitrogens with zero attached hydrogens (tertiary/aromatic N) is 2. The molecule has 2 aromatic rings. The maximum Gasteiger partial charge on any atom is 0.185 e. The van der Waals surface area contributed by atoms with Gasteiger partial charge in [-0.25, -0.2) is 0 Å². The first kappa shape index (κ1) is 12.1. The smallest absolute Gasteiger partial charge is 0.185 e. The highest BCUT2D eigenvalue weighted by atomic mass is 16.3. The summed E-state index contributed by atoms with van der Waals surface area (Å²) in [7, 11) is 0. The summed E-state index contributed by atoms with van der Waals surface area (Å²) in [6.45, 7) is 2.81. The van der Waals surface area contributed by atoms with Crippen molar-refractivity contribution in [2.24, 2.45) is 0 Å². The molecule has 0 unspecified atom stereocenters. The van der Waals surface area contributed by atoms with Crippen LogP contribution in [0, 0.1) is 0 Å². The van der Waals surface area contributed by atoms with Gasteiger partial charge in [-0.2, -0.15) is 5.10 Å². The molecule has 0 atom stereocenters. The van der Waals surface area contributed by atoms with Crippen LogP contribution in [0.4, 0.5) is 0 Å². The number of benzene rings is 1. The quantitative estimate of drug-likeness (QED) is 0.662. The lowest BCUT2D eigenvalue weighted by molar-refractivity contribution is 0.104. The van der Waals surface area contributed by atoms with Gasteiger partial charge in [-0.1, -0.05) is 0 Å². The van der Waals surface area contributed by atoms with Crippen molar-refractivity contribution < 1.29 is 9.90 Å². The van der Waals surface area contributed by atoms with E-state index in [0.717, 1.165) is 12.1 Å². The van der Waals surface area contributed by atoms with Crippen molar-refractivity contribution in [2.75, 3.05) is 0 Å². The molecule has 0 amide bonds. The molecule has 1 aromatic carbocycles. The Morgan fingerprint density at radius 1 is 1.39 bits per heavy atom. The van der Waals surface area contributed by atoms with E-state index in [4.69, 9.17) is 5.11 Å². The van der Waals surface area contributed by atoms with Gasteiger partial charge in [-0.3, -0.25) is 9.48 Å². The summed E-state index contributed by atoms with van der Waals surface area (Å²) < 4.78 is 1.80. The third-order valence-corrected chi connectivity index (χ3v) is 2.56. The molecule has 0 aliphatic heterocycles. The highest BCUT2D eigenvalue weighted by Crippen LogP contribution is 2.11. The SMILES string of the molecule is CCn1cc(C=CC(=O)c2ccc(O)cc2)cn1. The number of hydrogen-bond donors (Lipinski definition) is 1. The summed E-state index contributed by atoms with van der Waals surface area (Å²) in [6.07, 6.45) is 6.82. The fourth-order valence-electron chi connectivity index (χ4n) is 1.53. The normalized spacial score (nSPS) is 10.9. The van der Waals surface area contributed by atoms with Gasteiger partial charge in [0.25, 0.3) is 0 Å². The van der Waals surface area contributed by atoms with E-state index in [1.54, 1.807) is 29.1 Å². The van der Waals surface area contributed by atoms with Gasteiger partial charge >= 0.3 is 0 Å². The summed E-state index contributed by atoms with van der Waals surface area (Å²) >= 11 is 0. The number of rotatable bonds is 4. The summed E-state index contributed by atoms with van der Waals surface area (Å²) in [5.74, 6) is 0.0546. The van der Waals surface area contributed by atoms with Gasteiger partial charge in [0.2, 0.25) is 0 Å². The van der Waals surface area contributed by atoms with Crippen LogP contribution in [0.1, 0.15) is 22.8 Å². The standard InChI is InChI=1S/C14H14N2O2/c1-2-16-10-11(9-15-16)3-8-14(18)12-4-6-13(17)7-5-12/h3-10,17H,2H2,1H3. The largest absolute Gasteiger partial charge is 0.508 e. The molecule has 0 aliphatic rings. The Balaban J connectivity index is 2.09. The van der Waals surface area contributed by atoms with Crippen molar-refractivity contribution in [3.63, 3.8) is 0 Å². The minimum atomic E-state index is -0.0979. The predicted molar refractivity (Wildman–Crippen MR) is 69.4 cm³/mol. The summed E-state index contributed by atoms with van der Waals surface area (Å²) in [5, 5.41) is 13.3. The van der Waals surface area contributed by atoms with E-state index in [9.17, 15) is 4.79 Å². The van der Waals surface area contributed by atoms with Crippen LogP contribution in [0.5, 0.6) is 5.75 Å². The third kappa shape index (κ3) is 2.85. The van der Waals surface area contributed by atoms with E-state index in [2.05, 4.69) is 5.10 Å². The highest BCUT2D eigenvalue weighted by molar-refractivity contribution is 6.06. The van der Waals surface area contributed by atoms with E-state index in [-0.39, 0.29) is 11.5 Å². The Labute approximate surface area is 105 Å². The van der Waals surface area contributed by atoms with Gasteiger partial charge in [0, 0.05) is 23.9 Å². The molecular weight excluding hydrogens is 228 g/mol. The van der Waals surface area contributed by atoms with E-state index in [1.165, 1.54) is 18.2 Å². The Kier molecular flexibility index (Phi) is 3.57. The van der Waals surface area contributed by atoms with E-state index in [1.807, 2.05) is 13.1 Å². The molecule has 0 saturated heterocycles. The number of carbonyl (C=O) groups is 1. The number of phenolic OH excluding ortho intramolecular Hbond substituents is 1. The van der Waals surface area contributed by atoms with Gasteiger partial charge in [-0.15, -0.1) is 0 Å². The number of ketones is 1. The predicted octanol–water partition coefficient (Wildman–Crippen LogP) is 2.50. The molecule has 0 aliphatic carbocycles. The van der Waals surface area contributed by atoms with Gasteiger partial charge in [0.05, 0.1) is 6.20 Å². The summed E-state index contributed by atoms with van der Waals surface area (Å²) in [4.78, 5) is 11.8. The molecule has 4 heteroatoms. The molecule has 0 spiro atoms. The second kappa shape index (κ2) is 5.31. The molecule has 2 rings (SSSR count). The Morgan fingerprint density at radius 3 is 2.72 bits per heavy atom. The molecule has 0 bridgehead atoms. The number of aromatic nitrogens is 2. The van der Waals surface area contributed by atoms with E-state index < -0.39 is 0 Å². The Morgan fingerprint density at radius 2 is 2.11 bits per heavy atom. The average molecular weight is 242 g/mol. The number of phenols is 1. The van der Waals surface area contributed by atoms with Crippen LogP contribution in [-0.4, -0.2) is 20.7 Å². The molecule has 0 saturated carbocycles. The lowest BCUT2D eigenvalue weighted by atomic mass is 10.1. The number of carbonyl (C=O) groups excluding carboxylic acids is 1. The first-order chi connectivity index (χ1) is 8.69. The molecule has 4 nitrogen and oxygen atoms in total. The van der Waals surface area contributed by atoms with Crippen molar-refractivity contribution in [3.05, 3.63) is 53.9 Å². The average Bonchev–Trinajstić information content (AvgIpc) is 2.85. The van der Waals surface area contributed by atoms with Gasteiger partial charge in [0.1, 0.15) is 5.75 Å². The van der Waals surface area contributed by atoms with E-state index in [0.29, 0.717) is 5.56 Å². The van der Waals surface area contributed by atoms with Crippen LogP contribution in [0.3, 0.4) is 0 Å². The third-order valence-electron chi connectivity index (χ3n) is 2.56. The van der Waals surface area contributed by atoms with Crippen molar-refractivity contribution in [1.82, 2.24) is 9.78 Å². The molecule has 0 radical (unpaired) electrons. The van der Waals surface area contributed by atoms with Gasteiger partial charge in [-0.05, 0) is 43.3 Å². The molecule has 0 fully saturated rings. The lowest BCUT2D eigenvalue weighted by Gasteiger charge is -1.95. The minimum absolute atomic E-state index is 0.0979. The number of hydrogen-bond acceptors (Lipinski definition) is 3. The first-order valence-electron chi connectivity index (χ1n) is 5.73. The first-order valence-corrected chi connectivity index (χ1v) is 5.73. The molecular formula is C14H14N2O2. The number of allylic oxidation sites excluding steroid dienone is 1. The molecule has 1 heterocycles. The van der Waals surface area contributed by atoms with Crippen LogP contribution in [0.25, 0.3) is 6.08 Å². The molecule has 1 aromatic heterocycles. The van der Waals surface area contributed by atoms with Crippen LogP contribution in [-0.2, 0) is 6.54 Å². The summed E-state index contributed by atoms with van der Waals surface area (Å²) in [6, 6.07) is 6.18. The summed E-state index contributed by atoms with van der Waals surface area (Å²) in [5.41, 5.74) is 1.44. The topological polar surface area (TPSA) is 55.1 Å². The van der Waals surface area contributed by atoms with Crippen molar-refractivity contribution in [2.45, 2.75) is 13.5 Å². The number of aromatic hydroxyl groups is 1. The van der Waals surface area contributed by atoms with Crippen molar-refractivity contribution >= 4 is 11.9 Å². The Bertz CT molecular complexity index is 568. The monoisotopic (exact) mass is 242 g/mol. The molecule has 92 valence electrons. The Hall–Kier alpha value is -2.36. The van der Waals surface area contributed by atoms with Crippen LogP contribution < -0.4 is 0 Å². The van der Waals surface area contributed by atoms with Gasteiger partial charge < -0.3 is 5.11 Å². The zero-order chi connectivity index (χ0) is 13.0. The fraction of sp³-hybridized carbons (Fsp3) is 0.143.